The van der Waals surface area contributed by atoms with Gasteiger partial charge in [0.2, 0.25) is 17.7 Å². The molecule has 0 bridgehead atoms. The first-order valence-electron chi connectivity index (χ1n) is 10.3. The number of aromatic nitrogens is 4. The normalized spacial score (nSPS) is 14.2. The van der Waals surface area contributed by atoms with Crippen molar-refractivity contribution in [3.8, 4) is 0 Å². The molecule has 0 fully saturated rings. The van der Waals surface area contributed by atoms with Crippen molar-refractivity contribution in [2.45, 2.75) is 43.4 Å². The van der Waals surface area contributed by atoms with E-state index in [1.54, 1.807) is 0 Å². The van der Waals surface area contributed by atoms with E-state index in [0.29, 0.717) is 11.4 Å². The number of carboxylic acid groups (broad SMARTS) is 2. The van der Waals surface area contributed by atoms with Gasteiger partial charge in [-0.05, 0) is 0 Å². The molecule has 35 heavy (non-hydrogen) atoms. The third-order valence-electron chi connectivity index (χ3n) is 4.75. The molecule has 2 rings (SSSR count). The van der Waals surface area contributed by atoms with E-state index in [9.17, 15) is 29.1 Å². The summed E-state index contributed by atoms with van der Waals surface area (Å²) in [6.07, 6.45) is 4.78. The minimum atomic E-state index is -1.40. The molecular formula is C19H26N8O7S. The zero-order valence-corrected chi connectivity index (χ0v) is 19.2. The SMILES string of the molecule is NC(CC(=O)O)C(=O)NC(CS)C(=O)NC(Cc1cnc[nH]1)C(=O)NC(Cc1cnc[nH]1)C(=O)O. The summed E-state index contributed by atoms with van der Waals surface area (Å²) < 4.78 is 0. The van der Waals surface area contributed by atoms with Crippen molar-refractivity contribution in [2.24, 2.45) is 5.73 Å². The Balaban J connectivity index is 2.12. The quantitative estimate of drug-likeness (QED) is 0.118. The maximum atomic E-state index is 13.0. The third-order valence-corrected chi connectivity index (χ3v) is 5.12. The van der Waals surface area contributed by atoms with Crippen LogP contribution in [0.1, 0.15) is 17.8 Å². The van der Waals surface area contributed by atoms with E-state index in [1.807, 2.05) is 0 Å². The van der Waals surface area contributed by atoms with Gasteiger partial charge in [0.1, 0.15) is 18.1 Å². The van der Waals surface area contributed by atoms with Crippen molar-refractivity contribution in [3.63, 3.8) is 0 Å². The number of hydrogen-bond acceptors (Lipinski definition) is 9. The summed E-state index contributed by atoms with van der Waals surface area (Å²) in [7, 11) is 0. The van der Waals surface area contributed by atoms with E-state index in [0.717, 1.165) is 0 Å². The molecule has 4 unspecified atom stereocenters. The lowest BCUT2D eigenvalue weighted by Gasteiger charge is -2.24. The number of amides is 3. The van der Waals surface area contributed by atoms with Crippen LogP contribution in [0.4, 0.5) is 0 Å². The van der Waals surface area contributed by atoms with Crippen LogP contribution in [0.2, 0.25) is 0 Å². The second-order valence-corrected chi connectivity index (χ2v) is 7.84. The van der Waals surface area contributed by atoms with Gasteiger partial charge in [-0.1, -0.05) is 0 Å². The Morgan fingerprint density at radius 3 is 1.80 bits per heavy atom. The number of hydrogen-bond donors (Lipinski definition) is 9. The molecule has 0 saturated heterocycles. The van der Waals surface area contributed by atoms with Crippen LogP contribution in [0.15, 0.2) is 25.0 Å². The molecule has 0 aromatic carbocycles. The van der Waals surface area contributed by atoms with Gasteiger partial charge in [0.15, 0.2) is 0 Å². The lowest BCUT2D eigenvalue weighted by Crippen LogP contribution is -2.58. The van der Waals surface area contributed by atoms with Gasteiger partial charge in [-0.15, -0.1) is 0 Å². The van der Waals surface area contributed by atoms with Crippen LogP contribution in [-0.2, 0) is 36.8 Å². The van der Waals surface area contributed by atoms with Gasteiger partial charge in [0, 0.05) is 42.4 Å². The summed E-state index contributed by atoms with van der Waals surface area (Å²) in [5.41, 5.74) is 6.46. The van der Waals surface area contributed by atoms with Crippen molar-refractivity contribution < 1.29 is 34.2 Å². The fourth-order valence-electron chi connectivity index (χ4n) is 2.94. The van der Waals surface area contributed by atoms with Gasteiger partial charge < -0.3 is 41.9 Å². The van der Waals surface area contributed by atoms with Crippen LogP contribution in [-0.4, -0.2) is 89.7 Å². The Hall–Kier alpha value is -3.92. The number of nitrogens with one attached hydrogen (secondary N) is 5. The first-order valence-corrected chi connectivity index (χ1v) is 10.9. The number of H-pyrrole nitrogens is 2. The molecule has 4 atom stereocenters. The average Bonchev–Trinajstić information content (AvgIpc) is 3.49. The van der Waals surface area contributed by atoms with Crippen molar-refractivity contribution in [1.82, 2.24) is 35.9 Å². The molecular weight excluding hydrogens is 484 g/mol. The molecule has 3 amide bonds. The fraction of sp³-hybridized carbons (Fsp3) is 0.421. The second kappa shape index (κ2) is 13.1. The van der Waals surface area contributed by atoms with Gasteiger partial charge in [-0.3, -0.25) is 19.2 Å². The topological polar surface area (TPSA) is 245 Å². The minimum Gasteiger partial charge on any atom is -0.481 e. The molecule has 0 aliphatic heterocycles. The highest BCUT2D eigenvalue weighted by molar-refractivity contribution is 7.80. The molecule has 2 heterocycles. The van der Waals surface area contributed by atoms with Gasteiger partial charge in [-0.2, -0.15) is 12.6 Å². The van der Waals surface area contributed by atoms with E-state index in [4.69, 9.17) is 10.8 Å². The van der Waals surface area contributed by atoms with E-state index < -0.39 is 60.2 Å². The molecule has 15 nitrogen and oxygen atoms in total. The molecule has 0 saturated carbocycles. The Morgan fingerprint density at radius 1 is 0.857 bits per heavy atom. The van der Waals surface area contributed by atoms with Crippen LogP contribution in [0.25, 0.3) is 0 Å². The maximum absolute atomic E-state index is 13.0. The number of aromatic amines is 2. The Kier molecular flexibility index (Phi) is 10.2. The van der Waals surface area contributed by atoms with Crippen LogP contribution < -0.4 is 21.7 Å². The predicted octanol–water partition coefficient (Wildman–Crippen LogP) is -2.81. The summed E-state index contributed by atoms with van der Waals surface area (Å²) in [4.78, 5) is 73.5. The first-order chi connectivity index (χ1) is 16.6. The molecule has 0 radical (unpaired) electrons. The second-order valence-electron chi connectivity index (χ2n) is 7.47. The number of aliphatic carboxylic acids is 2. The Morgan fingerprint density at radius 2 is 1.34 bits per heavy atom. The van der Waals surface area contributed by atoms with Gasteiger partial charge in [0.05, 0.1) is 25.1 Å². The lowest BCUT2D eigenvalue weighted by molar-refractivity contribution is -0.142. The van der Waals surface area contributed by atoms with Gasteiger partial charge >= 0.3 is 11.9 Å². The zero-order valence-electron chi connectivity index (χ0n) is 18.3. The Bertz CT molecular complexity index is 1010. The highest BCUT2D eigenvalue weighted by Gasteiger charge is 2.31. The molecule has 2 aromatic rings. The number of nitrogens with zero attached hydrogens (tertiary/aromatic N) is 2. The molecule has 0 aliphatic rings. The fourth-order valence-corrected chi connectivity index (χ4v) is 3.20. The standard InChI is InChI=1S/C19H26N8O7S/c20-11(3-15(28)29)16(30)27-14(6-35)18(32)25-12(1-9-4-21-7-23-9)17(31)26-13(19(33)34)2-10-5-22-8-24-10/h4-5,7-8,11-14,35H,1-3,6,20H2,(H,21,23)(H,22,24)(H,25,32)(H,26,31)(H,27,30)(H,28,29)(H,33,34). The highest BCUT2D eigenvalue weighted by atomic mass is 32.1. The third kappa shape index (κ3) is 8.74. The molecule has 9 N–H and O–H groups in total. The molecule has 0 aliphatic carbocycles. The minimum absolute atomic E-state index is 0.0697. The number of imidazole rings is 2. The molecule has 0 spiro atoms. The number of carbonyl (C=O) groups excluding carboxylic acids is 3. The number of carbonyl (C=O) groups is 5. The van der Waals surface area contributed by atoms with Crippen LogP contribution in [0.3, 0.4) is 0 Å². The largest absolute Gasteiger partial charge is 0.481 e. The van der Waals surface area contributed by atoms with Crippen LogP contribution in [0.5, 0.6) is 0 Å². The zero-order chi connectivity index (χ0) is 26.0. The van der Waals surface area contributed by atoms with Crippen LogP contribution >= 0.6 is 12.6 Å². The first kappa shape index (κ1) is 27.3. The van der Waals surface area contributed by atoms with E-state index in [2.05, 4.69) is 48.5 Å². The number of carboxylic acids is 2. The molecule has 190 valence electrons. The molecule has 2 aromatic heterocycles. The van der Waals surface area contributed by atoms with Crippen molar-refractivity contribution in [3.05, 3.63) is 36.4 Å². The van der Waals surface area contributed by atoms with Crippen molar-refractivity contribution in [1.29, 1.82) is 0 Å². The Labute approximate surface area is 204 Å². The summed E-state index contributed by atoms with van der Waals surface area (Å²) in [6.45, 7) is 0. The van der Waals surface area contributed by atoms with Gasteiger partial charge in [-0.25, -0.2) is 14.8 Å². The average molecular weight is 511 g/mol. The van der Waals surface area contributed by atoms with E-state index >= 15 is 0 Å². The molecule has 16 heteroatoms. The van der Waals surface area contributed by atoms with Gasteiger partial charge in [0.25, 0.3) is 0 Å². The summed E-state index contributed by atoms with van der Waals surface area (Å²) >= 11 is 4.03. The summed E-state index contributed by atoms with van der Waals surface area (Å²) in [5.74, 6) is -5.27. The summed E-state index contributed by atoms with van der Waals surface area (Å²) in [5, 5.41) is 25.4. The van der Waals surface area contributed by atoms with E-state index in [-0.39, 0.29) is 18.6 Å². The monoisotopic (exact) mass is 510 g/mol. The van der Waals surface area contributed by atoms with Crippen molar-refractivity contribution >= 4 is 42.3 Å². The smallest absolute Gasteiger partial charge is 0.326 e. The van der Waals surface area contributed by atoms with E-state index in [1.165, 1.54) is 25.0 Å². The predicted molar refractivity (Wildman–Crippen MR) is 122 cm³/mol. The lowest BCUT2D eigenvalue weighted by atomic mass is 10.1. The maximum Gasteiger partial charge on any atom is 0.326 e. The summed E-state index contributed by atoms with van der Waals surface area (Å²) in [6, 6.07) is -5.22. The van der Waals surface area contributed by atoms with Crippen molar-refractivity contribution in [2.75, 3.05) is 5.75 Å². The number of nitrogens with two attached hydrogens (primary N) is 1. The van der Waals surface area contributed by atoms with Crippen LogP contribution in [0, 0.1) is 0 Å². The number of thiol groups is 1. The number of rotatable bonds is 14. The highest BCUT2D eigenvalue weighted by Crippen LogP contribution is 2.04.